The molecule has 0 amide bonds. The summed E-state index contributed by atoms with van der Waals surface area (Å²) < 4.78 is 0. The van der Waals surface area contributed by atoms with Crippen molar-refractivity contribution >= 4 is 11.6 Å². The van der Waals surface area contributed by atoms with E-state index in [1.165, 1.54) is 0 Å². The molecule has 0 radical (unpaired) electrons. The number of hydrogen-bond donors (Lipinski definition) is 0. The van der Waals surface area contributed by atoms with Crippen molar-refractivity contribution in [2.24, 2.45) is 0 Å². The monoisotopic (exact) mass is 143 g/mol. The lowest BCUT2D eigenvalue weighted by Gasteiger charge is -1.93. The molecule has 10 heavy (non-hydrogen) atoms. The summed E-state index contributed by atoms with van der Waals surface area (Å²) in [6.45, 7) is 0. The van der Waals surface area contributed by atoms with E-state index in [9.17, 15) is 19.7 Å². The summed E-state index contributed by atoms with van der Waals surface area (Å²) in [7, 11) is 0. The molecule has 5 nitrogen and oxygen atoms in total. The second-order valence-electron chi connectivity index (χ2n) is 2.13. The predicted octanol–water partition coefficient (Wildman–Crippen LogP) is -0.436. The van der Waals surface area contributed by atoms with Crippen molar-refractivity contribution in [2.45, 2.75) is 18.9 Å². The van der Waals surface area contributed by atoms with Crippen LogP contribution in [0.15, 0.2) is 0 Å². The number of ketones is 2. The van der Waals surface area contributed by atoms with Gasteiger partial charge in [-0.25, -0.2) is 0 Å². The highest BCUT2D eigenvalue weighted by atomic mass is 16.6. The van der Waals surface area contributed by atoms with Crippen LogP contribution in [0, 0.1) is 10.1 Å². The lowest BCUT2D eigenvalue weighted by molar-refractivity contribution is -0.505. The Morgan fingerprint density at radius 1 is 1.50 bits per heavy atom. The minimum Gasteiger partial charge on any atom is -0.291 e. The summed E-state index contributed by atoms with van der Waals surface area (Å²) in [5.41, 5.74) is 0. The Bertz CT molecular complexity index is 210. The lowest BCUT2D eigenvalue weighted by atomic mass is 10.2. The van der Waals surface area contributed by atoms with Gasteiger partial charge < -0.3 is 0 Å². The van der Waals surface area contributed by atoms with Crippen molar-refractivity contribution in [1.82, 2.24) is 0 Å². The van der Waals surface area contributed by atoms with Gasteiger partial charge in [0.2, 0.25) is 5.78 Å². The Balaban J connectivity index is 2.76. The summed E-state index contributed by atoms with van der Waals surface area (Å²) in [6.07, 6.45) is 0.106. The zero-order valence-corrected chi connectivity index (χ0v) is 5.07. The van der Waals surface area contributed by atoms with E-state index in [1.54, 1.807) is 0 Å². The van der Waals surface area contributed by atoms with Crippen LogP contribution in [0.2, 0.25) is 0 Å². The van der Waals surface area contributed by atoms with Gasteiger partial charge in [0.05, 0.1) is 0 Å². The highest BCUT2D eigenvalue weighted by Crippen LogP contribution is 2.13. The molecular weight excluding hydrogens is 138 g/mol. The SMILES string of the molecule is O=C1CCC([N+](=O)[O-])C1=O. The molecule has 0 aromatic rings. The van der Waals surface area contributed by atoms with E-state index in [0.717, 1.165) is 0 Å². The predicted molar refractivity (Wildman–Crippen MR) is 30.0 cm³/mol. The zero-order valence-electron chi connectivity index (χ0n) is 5.07. The Morgan fingerprint density at radius 3 is 2.30 bits per heavy atom. The van der Waals surface area contributed by atoms with Crippen LogP contribution in [0.3, 0.4) is 0 Å². The normalized spacial score (nSPS) is 25.4. The molecule has 1 unspecified atom stereocenters. The van der Waals surface area contributed by atoms with Crippen LogP contribution >= 0.6 is 0 Å². The summed E-state index contributed by atoms with van der Waals surface area (Å²) in [4.78, 5) is 30.3. The molecule has 54 valence electrons. The highest BCUT2D eigenvalue weighted by Gasteiger charge is 2.40. The molecule has 1 saturated carbocycles. The largest absolute Gasteiger partial charge is 0.291 e. The molecule has 5 heteroatoms. The van der Waals surface area contributed by atoms with Gasteiger partial charge in [0.15, 0.2) is 0 Å². The molecular formula is C5H5NO4. The number of nitro groups is 1. The third kappa shape index (κ3) is 0.896. The third-order valence-corrected chi connectivity index (χ3v) is 1.48. The third-order valence-electron chi connectivity index (χ3n) is 1.48. The molecule has 0 heterocycles. The summed E-state index contributed by atoms with van der Waals surface area (Å²) in [6, 6.07) is -1.26. The van der Waals surface area contributed by atoms with Crippen molar-refractivity contribution in [3.63, 3.8) is 0 Å². The zero-order chi connectivity index (χ0) is 7.72. The molecule has 1 aliphatic rings. The van der Waals surface area contributed by atoms with Crippen molar-refractivity contribution in [2.75, 3.05) is 0 Å². The maximum absolute atomic E-state index is 10.6. The van der Waals surface area contributed by atoms with Gasteiger partial charge in [-0.1, -0.05) is 0 Å². The number of carbonyl (C=O) groups excluding carboxylic acids is 2. The van der Waals surface area contributed by atoms with E-state index in [-0.39, 0.29) is 12.8 Å². The lowest BCUT2D eigenvalue weighted by Crippen LogP contribution is -2.26. The van der Waals surface area contributed by atoms with Crippen LogP contribution in [-0.2, 0) is 9.59 Å². The molecule has 1 fully saturated rings. The standard InChI is InChI=1S/C5H5NO4/c7-4-2-1-3(5(4)8)6(9)10/h3H,1-2H2. The molecule has 0 aromatic carbocycles. The van der Waals surface area contributed by atoms with Crippen molar-refractivity contribution in [3.8, 4) is 0 Å². The first-order valence-electron chi connectivity index (χ1n) is 2.83. The molecule has 0 N–H and O–H groups in total. The Labute approximate surface area is 56.2 Å². The molecule has 0 aromatic heterocycles. The van der Waals surface area contributed by atoms with Crippen LogP contribution in [0.1, 0.15) is 12.8 Å². The van der Waals surface area contributed by atoms with Gasteiger partial charge in [-0.3, -0.25) is 19.7 Å². The average Bonchev–Trinajstić information content (AvgIpc) is 2.14. The number of rotatable bonds is 1. The summed E-state index contributed by atoms with van der Waals surface area (Å²) in [5, 5.41) is 9.99. The molecule has 1 aliphatic carbocycles. The fourth-order valence-corrected chi connectivity index (χ4v) is 0.909. The van der Waals surface area contributed by atoms with E-state index < -0.39 is 22.5 Å². The first kappa shape index (κ1) is 6.85. The van der Waals surface area contributed by atoms with E-state index in [4.69, 9.17) is 0 Å². The van der Waals surface area contributed by atoms with Gasteiger partial charge in [-0.05, 0) is 0 Å². The quantitative estimate of drug-likeness (QED) is 0.283. The van der Waals surface area contributed by atoms with Gasteiger partial charge in [0.1, 0.15) is 0 Å². The smallest absolute Gasteiger partial charge is 0.278 e. The van der Waals surface area contributed by atoms with Crippen LogP contribution in [0.4, 0.5) is 0 Å². The van der Waals surface area contributed by atoms with Crippen LogP contribution in [-0.4, -0.2) is 22.5 Å². The second-order valence-corrected chi connectivity index (χ2v) is 2.13. The molecule has 0 aliphatic heterocycles. The molecule has 0 bridgehead atoms. The fraction of sp³-hybridized carbons (Fsp3) is 0.600. The first-order chi connectivity index (χ1) is 4.63. The maximum Gasteiger partial charge on any atom is 0.278 e. The molecule has 1 atom stereocenters. The molecule has 0 saturated heterocycles. The number of Topliss-reactive ketones (excluding diaryl/α,β-unsaturated/α-hetero) is 2. The minimum absolute atomic E-state index is 0.0322. The number of nitrogens with zero attached hydrogens (tertiary/aromatic N) is 1. The van der Waals surface area contributed by atoms with Gasteiger partial charge in [0.25, 0.3) is 11.8 Å². The van der Waals surface area contributed by atoms with Gasteiger partial charge in [0, 0.05) is 17.8 Å². The maximum atomic E-state index is 10.6. The van der Waals surface area contributed by atoms with E-state index in [1.807, 2.05) is 0 Å². The van der Waals surface area contributed by atoms with E-state index >= 15 is 0 Å². The first-order valence-corrected chi connectivity index (χ1v) is 2.83. The van der Waals surface area contributed by atoms with Gasteiger partial charge in [-0.15, -0.1) is 0 Å². The van der Waals surface area contributed by atoms with Gasteiger partial charge in [-0.2, -0.15) is 0 Å². The Morgan fingerprint density at radius 2 is 2.10 bits per heavy atom. The van der Waals surface area contributed by atoms with Crippen LogP contribution < -0.4 is 0 Å². The fourth-order valence-electron chi connectivity index (χ4n) is 0.909. The summed E-state index contributed by atoms with van der Waals surface area (Å²) >= 11 is 0. The molecule has 0 spiro atoms. The topological polar surface area (TPSA) is 77.3 Å². The average molecular weight is 143 g/mol. The van der Waals surface area contributed by atoms with Crippen molar-refractivity contribution < 1.29 is 14.5 Å². The number of hydrogen-bond acceptors (Lipinski definition) is 4. The van der Waals surface area contributed by atoms with Crippen molar-refractivity contribution in [1.29, 1.82) is 0 Å². The Kier molecular flexibility index (Phi) is 1.48. The highest BCUT2D eigenvalue weighted by molar-refractivity contribution is 6.40. The van der Waals surface area contributed by atoms with E-state index in [0.29, 0.717) is 0 Å². The molecule has 1 rings (SSSR count). The second kappa shape index (κ2) is 2.17. The van der Waals surface area contributed by atoms with Crippen LogP contribution in [0.5, 0.6) is 0 Å². The van der Waals surface area contributed by atoms with E-state index in [2.05, 4.69) is 0 Å². The number of carbonyl (C=O) groups is 2. The summed E-state index contributed by atoms with van der Waals surface area (Å²) in [5.74, 6) is -1.45. The minimum atomic E-state index is -1.26. The van der Waals surface area contributed by atoms with Crippen molar-refractivity contribution in [3.05, 3.63) is 10.1 Å². The Hall–Kier alpha value is -1.26. The van der Waals surface area contributed by atoms with Crippen LogP contribution in [0.25, 0.3) is 0 Å². The van der Waals surface area contributed by atoms with Gasteiger partial charge >= 0.3 is 0 Å².